The molecule has 0 bridgehead atoms. The average molecular weight is 269 g/mol. The van der Waals surface area contributed by atoms with Crippen LogP contribution in [-0.2, 0) is 19.9 Å². The van der Waals surface area contributed by atoms with Gasteiger partial charge in [0.15, 0.2) is 0 Å². The number of nitrogens with one attached hydrogen (secondary N) is 1. The molecule has 3 heteroatoms. The maximum Gasteiger partial charge on any atom is 0.0527 e. The first kappa shape index (κ1) is 13.4. The minimum absolute atomic E-state index is 0.619. The molecule has 106 valence electrons. The molecule has 1 aliphatic rings. The Hall–Kier alpha value is -1.61. The maximum absolute atomic E-state index is 4.47. The highest BCUT2D eigenvalue weighted by atomic mass is 15.3. The number of benzene rings is 1. The number of rotatable bonds is 4. The van der Waals surface area contributed by atoms with Gasteiger partial charge in [0.25, 0.3) is 0 Å². The quantitative estimate of drug-likeness (QED) is 0.925. The summed E-state index contributed by atoms with van der Waals surface area (Å²) in [4.78, 5) is 0. The van der Waals surface area contributed by atoms with Gasteiger partial charge in [-0.05, 0) is 30.5 Å². The standard InChI is InChI=1S/C17H23N3/c1-20-17(12-16-9-5-6-10-18-16)15(13-19-20)11-14-7-3-2-4-8-14/h2-4,7-8,13,16,18H,5-6,9-12H2,1H3. The van der Waals surface area contributed by atoms with Gasteiger partial charge in [0.2, 0.25) is 0 Å². The highest BCUT2D eigenvalue weighted by Gasteiger charge is 2.17. The fourth-order valence-corrected chi connectivity index (χ4v) is 3.07. The van der Waals surface area contributed by atoms with Crippen molar-refractivity contribution in [2.45, 2.75) is 38.1 Å². The summed E-state index contributed by atoms with van der Waals surface area (Å²) in [6, 6.07) is 11.3. The molecule has 2 aromatic rings. The van der Waals surface area contributed by atoms with Gasteiger partial charge in [-0.1, -0.05) is 36.8 Å². The summed E-state index contributed by atoms with van der Waals surface area (Å²) < 4.78 is 2.05. The van der Waals surface area contributed by atoms with Crippen LogP contribution in [0.15, 0.2) is 36.5 Å². The minimum atomic E-state index is 0.619. The van der Waals surface area contributed by atoms with Crippen LogP contribution in [0.3, 0.4) is 0 Å². The lowest BCUT2D eigenvalue weighted by atomic mass is 9.97. The number of piperidine rings is 1. The summed E-state index contributed by atoms with van der Waals surface area (Å²) in [7, 11) is 2.06. The van der Waals surface area contributed by atoms with Gasteiger partial charge in [-0.3, -0.25) is 4.68 Å². The van der Waals surface area contributed by atoms with Crippen LogP contribution in [0.25, 0.3) is 0 Å². The van der Waals surface area contributed by atoms with E-state index in [1.807, 2.05) is 6.20 Å². The molecule has 0 saturated carbocycles. The van der Waals surface area contributed by atoms with E-state index in [9.17, 15) is 0 Å². The Morgan fingerprint density at radius 3 is 2.85 bits per heavy atom. The maximum atomic E-state index is 4.47. The van der Waals surface area contributed by atoms with Crippen molar-refractivity contribution in [3.8, 4) is 0 Å². The molecule has 1 atom stereocenters. The summed E-state index contributed by atoms with van der Waals surface area (Å²) in [5.41, 5.74) is 4.11. The van der Waals surface area contributed by atoms with Crippen LogP contribution in [-0.4, -0.2) is 22.4 Å². The Morgan fingerprint density at radius 2 is 2.10 bits per heavy atom. The second-order valence-electron chi connectivity index (χ2n) is 5.75. The van der Waals surface area contributed by atoms with Gasteiger partial charge in [0, 0.05) is 31.6 Å². The molecule has 0 spiro atoms. The van der Waals surface area contributed by atoms with Crippen molar-refractivity contribution in [3.63, 3.8) is 0 Å². The first-order chi connectivity index (χ1) is 9.83. The fourth-order valence-electron chi connectivity index (χ4n) is 3.07. The zero-order chi connectivity index (χ0) is 13.8. The highest BCUT2D eigenvalue weighted by Crippen LogP contribution is 2.18. The van der Waals surface area contributed by atoms with Crippen LogP contribution in [0.1, 0.15) is 36.1 Å². The van der Waals surface area contributed by atoms with Gasteiger partial charge in [-0.15, -0.1) is 0 Å². The summed E-state index contributed by atoms with van der Waals surface area (Å²) in [6.07, 6.45) is 8.07. The Labute approximate surface area is 121 Å². The van der Waals surface area contributed by atoms with Crippen molar-refractivity contribution in [2.75, 3.05) is 6.54 Å². The summed E-state index contributed by atoms with van der Waals surface area (Å²) in [5.74, 6) is 0. The highest BCUT2D eigenvalue weighted by molar-refractivity contribution is 5.28. The lowest BCUT2D eigenvalue weighted by Gasteiger charge is -2.24. The molecule has 1 aromatic carbocycles. The van der Waals surface area contributed by atoms with E-state index in [4.69, 9.17) is 0 Å². The van der Waals surface area contributed by atoms with Gasteiger partial charge >= 0.3 is 0 Å². The molecule has 0 aliphatic carbocycles. The molecule has 20 heavy (non-hydrogen) atoms. The van der Waals surface area contributed by atoms with Gasteiger partial charge < -0.3 is 5.32 Å². The molecular formula is C17H23N3. The van der Waals surface area contributed by atoms with Gasteiger partial charge in [0.05, 0.1) is 6.20 Å². The van der Waals surface area contributed by atoms with Crippen LogP contribution in [0.4, 0.5) is 0 Å². The lowest BCUT2D eigenvalue weighted by molar-refractivity contribution is 0.392. The molecule has 3 nitrogen and oxygen atoms in total. The zero-order valence-electron chi connectivity index (χ0n) is 12.2. The monoisotopic (exact) mass is 269 g/mol. The molecule has 1 aromatic heterocycles. The van der Waals surface area contributed by atoms with E-state index in [1.54, 1.807) is 0 Å². The smallest absolute Gasteiger partial charge is 0.0527 e. The predicted molar refractivity (Wildman–Crippen MR) is 81.8 cm³/mol. The number of hydrogen-bond donors (Lipinski definition) is 1. The number of nitrogens with zero attached hydrogens (tertiary/aromatic N) is 2. The summed E-state index contributed by atoms with van der Waals surface area (Å²) in [5, 5.41) is 8.10. The van der Waals surface area contributed by atoms with Crippen LogP contribution in [0.5, 0.6) is 0 Å². The molecule has 3 rings (SSSR count). The molecule has 0 amide bonds. The van der Waals surface area contributed by atoms with Crippen molar-refractivity contribution in [1.82, 2.24) is 15.1 Å². The Kier molecular flexibility index (Phi) is 4.16. The molecule has 1 saturated heterocycles. The first-order valence-electron chi connectivity index (χ1n) is 7.60. The largest absolute Gasteiger partial charge is 0.314 e. The second kappa shape index (κ2) is 6.23. The number of aryl methyl sites for hydroxylation is 1. The summed E-state index contributed by atoms with van der Waals surface area (Å²) >= 11 is 0. The third-order valence-corrected chi connectivity index (χ3v) is 4.24. The van der Waals surface area contributed by atoms with Crippen LogP contribution >= 0.6 is 0 Å². The Bertz CT molecular complexity index is 539. The fraction of sp³-hybridized carbons (Fsp3) is 0.471. The van der Waals surface area contributed by atoms with Gasteiger partial charge in [-0.2, -0.15) is 5.10 Å². The molecule has 1 unspecified atom stereocenters. The van der Waals surface area contributed by atoms with Crippen molar-refractivity contribution < 1.29 is 0 Å². The number of aromatic nitrogens is 2. The molecule has 2 heterocycles. The molecular weight excluding hydrogens is 246 g/mol. The third-order valence-electron chi connectivity index (χ3n) is 4.24. The first-order valence-corrected chi connectivity index (χ1v) is 7.60. The van der Waals surface area contributed by atoms with Crippen molar-refractivity contribution in [2.24, 2.45) is 7.05 Å². The Morgan fingerprint density at radius 1 is 1.25 bits per heavy atom. The van der Waals surface area contributed by atoms with Gasteiger partial charge in [-0.25, -0.2) is 0 Å². The molecule has 1 fully saturated rings. The van der Waals surface area contributed by atoms with Gasteiger partial charge in [0.1, 0.15) is 0 Å². The van der Waals surface area contributed by atoms with E-state index in [-0.39, 0.29) is 0 Å². The number of hydrogen-bond acceptors (Lipinski definition) is 2. The van der Waals surface area contributed by atoms with E-state index in [0.29, 0.717) is 6.04 Å². The van der Waals surface area contributed by atoms with Crippen molar-refractivity contribution >= 4 is 0 Å². The molecule has 1 N–H and O–H groups in total. The van der Waals surface area contributed by atoms with E-state index in [1.165, 1.54) is 36.1 Å². The van der Waals surface area contributed by atoms with Crippen molar-refractivity contribution in [1.29, 1.82) is 0 Å². The third kappa shape index (κ3) is 3.10. The Balaban J connectivity index is 1.75. The van der Waals surface area contributed by atoms with E-state index >= 15 is 0 Å². The molecule has 1 aliphatic heterocycles. The minimum Gasteiger partial charge on any atom is -0.314 e. The summed E-state index contributed by atoms with van der Waals surface area (Å²) in [6.45, 7) is 1.16. The van der Waals surface area contributed by atoms with E-state index in [0.717, 1.165) is 19.4 Å². The van der Waals surface area contributed by atoms with Crippen LogP contribution < -0.4 is 5.32 Å². The molecule has 0 radical (unpaired) electrons. The van der Waals surface area contributed by atoms with E-state index in [2.05, 4.69) is 52.5 Å². The predicted octanol–water partition coefficient (Wildman–Crippen LogP) is 2.70. The SMILES string of the molecule is Cn1ncc(Cc2ccccc2)c1CC1CCCCN1. The van der Waals surface area contributed by atoms with Crippen LogP contribution in [0.2, 0.25) is 0 Å². The zero-order valence-corrected chi connectivity index (χ0v) is 12.2. The second-order valence-corrected chi connectivity index (χ2v) is 5.75. The lowest BCUT2D eigenvalue weighted by Crippen LogP contribution is -2.36. The topological polar surface area (TPSA) is 29.9 Å². The van der Waals surface area contributed by atoms with E-state index < -0.39 is 0 Å². The van der Waals surface area contributed by atoms with Crippen LogP contribution in [0, 0.1) is 0 Å². The normalized spacial score (nSPS) is 19.1. The average Bonchev–Trinajstić information content (AvgIpc) is 2.83. The van der Waals surface area contributed by atoms with Crippen molar-refractivity contribution in [3.05, 3.63) is 53.3 Å².